The van der Waals surface area contributed by atoms with Crippen molar-refractivity contribution in [3.8, 4) is 0 Å². The molecule has 0 spiro atoms. The zero-order chi connectivity index (χ0) is 13.6. The summed E-state index contributed by atoms with van der Waals surface area (Å²) in [7, 11) is -3.18. The lowest BCUT2D eigenvalue weighted by Crippen LogP contribution is -2.41. The van der Waals surface area contributed by atoms with Crippen LogP contribution in [0.1, 0.15) is 31.0 Å². The summed E-state index contributed by atoms with van der Waals surface area (Å²) < 4.78 is 27.4. The molecule has 104 valence electrons. The van der Waals surface area contributed by atoms with Crippen LogP contribution in [-0.2, 0) is 29.5 Å². The van der Waals surface area contributed by atoms with E-state index >= 15 is 0 Å². The minimum Gasteiger partial charge on any atom is -0.299 e. The normalized spacial score (nSPS) is 20.3. The Labute approximate surface area is 112 Å². The van der Waals surface area contributed by atoms with Crippen LogP contribution in [0.15, 0.2) is 11.1 Å². The average molecular weight is 283 g/mol. The summed E-state index contributed by atoms with van der Waals surface area (Å²) in [4.78, 5) is 16.4. The lowest BCUT2D eigenvalue weighted by molar-refractivity contribution is 0.380. The van der Waals surface area contributed by atoms with E-state index in [4.69, 9.17) is 0 Å². The van der Waals surface area contributed by atoms with Gasteiger partial charge in [0.2, 0.25) is 10.0 Å². The van der Waals surface area contributed by atoms with Gasteiger partial charge in [-0.15, -0.1) is 0 Å². The van der Waals surface area contributed by atoms with E-state index in [1.807, 2.05) is 6.92 Å². The number of rotatable bonds is 3. The Morgan fingerprint density at radius 2 is 2.16 bits per heavy atom. The fourth-order valence-corrected chi connectivity index (χ4v) is 4.26. The lowest BCUT2D eigenvalue weighted by atomic mass is 10.1. The number of fused-ring (bicyclic) bond motifs is 1. The van der Waals surface area contributed by atoms with Gasteiger partial charge in [-0.25, -0.2) is 13.4 Å². The highest BCUT2D eigenvalue weighted by molar-refractivity contribution is 7.90. The maximum Gasteiger partial charge on any atom is 0.256 e. The van der Waals surface area contributed by atoms with Crippen molar-refractivity contribution in [2.24, 2.45) is 0 Å². The Morgan fingerprint density at radius 3 is 2.79 bits per heavy atom. The SMILES string of the molecule is CCn1cnc2c(c1=O)CCN(S(=O)(=O)C1CC1)C2. The number of hydrogen-bond donors (Lipinski definition) is 0. The van der Waals surface area contributed by atoms with Crippen molar-refractivity contribution in [2.45, 2.75) is 44.5 Å². The quantitative estimate of drug-likeness (QED) is 0.789. The molecule has 3 rings (SSSR count). The minimum atomic E-state index is -3.18. The molecular weight excluding hydrogens is 266 g/mol. The fourth-order valence-electron chi connectivity index (χ4n) is 2.46. The van der Waals surface area contributed by atoms with Gasteiger partial charge in [0.1, 0.15) is 0 Å². The first-order valence-electron chi connectivity index (χ1n) is 6.60. The van der Waals surface area contributed by atoms with E-state index < -0.39 is 10.0 Å². The molecule has 1 aromatic rings. The molecule has 7 heteroatoms. The standard InChI is InChI=1S/C12H17N3O3S/c1-2-14-8-13-11-7-15(6-5-10(11)12(14)16)19(17,18)9-3-4-9/h8-9H,2-7H2,1H3. The Morgan fingerprint density at radius 1 is 1.42 bits per heavy atom. The molecule has 1 aliphatic heterocycles. The Hall–Kier alpha value is -1.21. The number of nitrogens with zero attached hydrogens (tertiary/aromatic N) is 3. The van der Waals surface area contributed by atoms with Crippen LogP contribution in [0.2, 0.25) is 0 Å². The molecule has 1 fully saturated rings. The zero-order valence-corrected chi connectivity index (χ0v) is 11.7. The summed E-state index contributed by atoms with van der Waals surface area (Å²) in [5, 5.41) is -0.204. The molecule has 0 N–H and O–H groups in total. The summed E-state index contributed by atoms with van der Waals surface area (Å²) in [6, 6.07) is 0. The molecule has 6 nitrogen and oxygen atoms in total. The topological polar surface area (TPSA) is 72.3 Å². The van der Waals surface area contributed by atoms with Crippen LogP contribution in [0.4, 0.5) is 0 Å². The Balaban J connectivity index is 1.93. The minimum absolute atomic E-state index is 0.0315. The van der Waals surface area contributed by atoms with E-state index in [0.29, 0.717) is 30.8 Å². The molecule has 0 bridgehead atoms. The highest BCUT2D eigenvalue weighted by Crippen LogP contribution is 2.32. The highest BCUT2D eigenvalue weighted by Gasteiger charge is 2.41. The second-order valence-electron chi connectivity index (χ2n) is 5.09. The highest BCUT2D eigenvalue weighted by atomic mass is 32.2. The first-order chi connectivity index (χ1) is 9.04. The fraction of sp³-hybridized carbons (Fsp3) is 0.667. The van der Waals surface area contributed by atoms with Gasteiger partial charge in [0.25, 0.3) is 5.56 Å². The van der Waals surface area contributed by atoms with E-state index in [2.05, 4.69) is 4.98 Å². The first kappa shape index (κ1) is 12.8. The number of hydrogen-bond acceptors (Lipinski definition) is 4. The second kappa shape index (κ2) is 4.42. The van der Waals surface area contributed by atoms with Crippen LogP contribution in [0, 0.1) is 0 Å². The van der Waals surface area contributed by atoms with E-state index in [-0.39, 0.29) is 17.4 Å². The lowest BCUT2D eigenvalue weighted by Gasteiger charge is -2.27. The molecule has 1 aliphatic carbocycles. The zero-order valence-electron chi connectivity index (χ0n) is 10.9. The van der Waals surface area contributed by atoms with E-state index in [9.17, 15) is 13.2 Å². The largest absolute Gasteiger partial charge is 0.299 e. The first-order valence-corrected chi connectivity index (χ1v) is 8.10. The third kappa shape index (κ3) is 2.10. The monoisotopic (exact) mass is 283 g/mol. The van der Waals surface area contributed by atoms with Gasteiger partial charge in [-0.2, -0.15) is 4.31 Å². The van der Waals surface area contributed by atoms with Gasteiger partial charge in [-0.1, -0.05) is 0 Å². The molecule has 0 saturated heterocycles. The molecule has 0 atom stereocenters. The molecule has 1 saturated carbocycles. The molecule has 0 amide bonds. The summed E-state index contributed by atoms with van der Waals surface area (Å²) in [6.45, 7) is 3.12. The van der Waals surface area contributed by atoms with Crippen molar-refractivity contribution < 1.29 is 8.42 Å². The molecule has 2 aliphatic rings. The average Bonchev–Trinajstić information content (AvgIpc) is 3.23. The summed E-state index contributed by atoms with van der Waals surface area (Å²) >= 11 is 0. The van der Waals surface area contributed by atoms with Crippen LogP contribution in [0.3, 0.4) is 0 Å². The molecule has 2 heterocycles. The van der Waals surface area contributed by atoms with Gasteiger partial charge in [-0.3, -0.25) is 9.36 Å². The predicted molar refractivity (Wildman–Crippen MR) is 70.2 cm³/mol. The van der Waals surface area contributed by atoms with E-state index in [1.54, 1.807) is 4.57 Å². The smallest absolute Gasteiger partial charge is 0.256 e. The van der Waals surface area contributed by atoms with Crippen molar-refractivity contribution in [3.05, 3.63) is 27.9 Å². The van der Waals surface area contributed by atoms with Crippen LogP contribution in [0.25, 0.3) is 0 Å². The third-order valence-electron chi connectivity index (χ3n) is 3.80. The van der Waals surface area contributed by atoms with E-state index in [1.165, 1.54) is 10.6 Å². The van der Waals surface area contributed by atoms with Gasteiger partial charge in [-0.05, 0) is 26.2 Å². The summed E-state index contributed by atoms with van der Waals surface area (Å²) in [5.41, 5.74) is 1.26. The van der Waals surface area contributed by atoms with Gasteiger partial charge >= 0.3 is 0 Å². The van der Waals surface area contributed by atoms with E-state index in [0.717, 1.165) is 12.8 Å². The second-order valence-corrected chi connectivity index (χ2v) is 7.30. The molecule has 0 aromatic carbocycles. The summed E-state index contributed by atoms with van der Waals surface area (Å²) in [6.07, 6.45) is 3.50. The van der Waals surface area contributed by atoms with Crippen LogP contribution < -0.4 is 5.56 Å². The molecule has 19 heavy (non-hydrogen) atoms. The van der Waals surface area contributed by atoms with Gasteiger partial charge in [0.05, 0.1) is 23.8 Å². The van der Waals surface area contributed by atoms with Crippen molar-refractivity contribution in [3.63, 3.8) is 0 Å². The third-order valence-corrected chi connectivity index (χ3v) is 6.15. The van der Waals surface area contributed by atoms with Gasteiger partial charge in [0.15, 0.2) is 0 Å². The predicted octanol–water partition coefficient (Wildman–Crippen LogP) is 0.113. The van der Waals surface area contributed by atoms with Gasteiger partial charge in [0, 0.05) is 18.7 Å². The van der Waals surface area contributed by atoms with Crippen LogP contribution in [-0.4, -0.2) is 34.1 Å². The number of aryl methyl sites for hydroxylation is 1. The van der Waals surface area contributed by atoms with Crippen molar-refractivity contribution in [2.75, 3.05) is 6.54 Å². The molecule has 0 radical (unpaired) electrons. The van der Waals surface area contributed by atoms with Crippen molar-refractivity contribution >= 4 is 10.0 Å². The molecule has 0 unspecified atom stereocenters. The number of aromatic nitrogens is 2. The number of sulfonamides is 1. The van der Waals surface area contributed by atoms with Gasteiger partial charge < -0.3 is 0 Å². The molecular formula is C12H17N3O3S. The maximum absolute atomic E-state index is 12.2. The van der Waals surface area contributed by atoms with Crippen molar-refractivity contribution in [1.82, 2.24) is 13.9 Å². The Kier molecular flexibility index (Phi) is 2.98. The molecule has 1 aromatic heterocycles. The van der Waals surface area contributed by atoms with Crippen LogP contribution >= 0.6 is 0 Å². The Bertz CT molecular complexity index is 661. The van der Waals surface area contributed by atoms with Crippen molar-refractivity contribution in [1.29, 1.82) is 0 Å². The summed E-state index contributed by atoms with van der Waals surface area (Å²) in [5.74, 6) is 0. The maximum atomic E-state index is 12.2. The van der Waals surface area contributed by atoms with Crippen LogP contribution in [0.5, 0.6) is 0 Å².